The van der Waals surface area contributed by atoms with Gasteiger partial charge in [-0.3, -0.25) is 9.78 Å². The third-order valence-electron chi connectivity index (χ3n) is 3.30. The number of hydrogen-bond donors (Lipinski definition) is 0. The Morgan fingerprint density at radius 3 is 3.00 bits per heavy atom. The van der Waals surface area contributed by atoms with Gasteiger partial charge >= 0.3 is 0 Å². The standard InChI is InChI=1S/C14H16N4O3/c19-13(18-6-1-2-7-18)10-20-9-12-16-14(17-21-12)11-4-3-5-15-8-11/h3-5,8H,1-2,6-7,9-10H2. The molecule has 1 amide bonds. The number of pyridine rings is 1. The van der Waals surface area contributed by atoms with Crippen LogP contribution in [0.3, 0.4) is 0 Å². The van der Waals surface area contributed by atoms with Gasteiger partial charge in [-0.05, 0) is 25.0 Å². The topological polar surface area (TPSA) is 81.3 Å². The smallest absolute Gasteiger partial charge is 0.252 e. The highest BCUT2D eigenvalue weighted by molar-refractivity contribution is 5.77. The molecule has 0 unspecified atom stereocenters. The summed E-state index contributed by atoms with van der Waals surface area (Å²) in [6.45, 7) is 1.83. The molecule has 0 aliphatic carbocycles. The van der Waals surface area contributed by atoms with Crippen LogP contribution in [0.25, 0.3) is 11.4 Å². The first-order valence-corrected chi connectivity index (χ1v) is 6.91. The molecule has 21 heavy (non-hydrogen) atoms. The van der Waals surface area contributed by atoms with E-state index in [-0.39, 0.29) is 19.1 Å². The maximum Gasteiger partial charge on any atom is 0.252 e. The maximum atomic E-state index is 11.8. The average Bonchev–Trinajstić information content (AvgIpc) is 3.20. The monoisotopic (exact) mass is 288 g/mol. The van der Waals surface area contributed by atoms with Gasteiger partial charge in [0.1, 0.15) is 13.2 Å². The van der Waals surface area contributed by atoms with E-state index in [9.17, 15) is 4.79 Å². The van der Waals surface area contributed by atoms with Crippen LogP contribution >= 0.6 is 0 Å². The van der Waals surface area contributed by atoms with E-state index in [4.69, 9.17) is 9.26 Å². The van der Waals surface area contributed by atoms with Crippen molar-refractivity contribution in [1.29, 1.82) is 0 Å². The summed E-state index contributed by atoms with van der Waals surface area (Å²) < 4.78 is 10.4. The summed E-state index contributed by atoms with van der Waals surface area (Å²) in [7, 11) is 0. The van der Waals surface area contributed by atoms with E-state index >= 15 is 0 Å². The van der Waals surface area contributed by atoms with Crippen LogP contribution in [-0.4, -0.2) is 45.6 Å². The lowest BCUT2D eigenvalue weighted by Crippen LogP contribution is -2.31. The van der Waals surface area contributed by atoms with Crippen LogP contribution in [0.4, 0.5) is 0 Å². The Kier molecular flexibility index (Phi) is 4.20. The molecule has 7 nitrogen and oxygen atoms in total. The van der Waals surface area contributed by atoms with Crippen LogP contribution in [0.5, 0.6) is 0 Å². The lowest BCUT2D eigenvalue weighted by atomic mass is 10.3. The lowest BCUT2D eigenvalue weighted by molar-refractivity contribution is -0.135. The molecule has 1 fully saturated rings. The van der Waals surface area contributed by atoms with Gasteiger partial charge in [-0.25, -0.2) is 0 Å². The third kappa shape index (κ3) is 3.43. The van der Waals surface area contributed by atoms with E-state index in [1.807, 2.05) is 11.0 Å². The molecule has 7 heteroatoms. The first-order valence-electron chi connectivity index (χ1n) is 6.91. The molecule has 0 aromatic carbocycles. The molecular formula is C14H16N4O3. The highest BCUT2D eigenvalue weighted by Gasteiger charge is 2.18. The van der Waals surface area contributed by atoms with E-state index in [0.717, 1.165) is 31.5 Å². The number of ether oxygens (including phenoxy) is 1. The van der Waals surface area contributed by atoms with Crippen molar-refractivity contribution in [3.63, 3.8) is 0 Å². The van der Waals surface area contributed by atoms with Crippen LogP contribution in [0, 0.1) is 0 Å². The summed E-state index contributed by atoms with van der Waals surface area (Å²) in [5.74, 6) is 0.829. The Balaban J connectivity index is 1.50. The molecule has 1 aliphatic rings. The fourth-order valence-electron chi connectivity index (χ4n) is 2.21. The largest absolute Gasteiger partial charge is 0.362 e. The number of likely N-dealkylation sites (tertiary alicyclic amines) is 1. The molecule has 0 N–H and O–H groups in total. The summed E-state index contributed by atoms with van der Waals surface area (Å²) in [5.41, 5.74) is 0.778. The van der Waals surface area contributed by atoms with Crippen molar-refractivity contribution in [2.75, 3.05) is 19.7 Å². The quantitative estimate of drug-likeness (QED) is 0.824. The Hall–Kier alpha value is -2.28. The van der Waals surface area contributed by atoms with Crippen molar-refractivity contribution in [3.05, 3.63) is 30.4 Å². The van der Waals surface area contributed by atoms with E-state index < -0.39 is 0 Å². The first-order chi connectivity index (χ1) is 10.3. The summed E-state index contributed by atoms with van der Waals surface area (Å²) in [6, 6.07) is 3.65. The predicted octanol–water partition coefficient (Wildman–Crippen LogP) is 1.27. The number of aromatic nitrogens is 3. The number of hydrogen-bond acceptors (Lipinski definition) is 6. The van der Waals surface area contributed by atoms with Crippen molar-refractivity contribution in [2.45, 2.75) is 19.4 Å². The molecule has 2 aromatic heterocycles. The molecule has 0 saturated carbocycles. The molecular weight excluding hydrogens is 272 g/mol. The highest BCUT2D eigenvalue weighted by Crippen LogP contribution is 2.14. The first kappa shape index (κ1) is 13.7. The van der Waals surface area contributed by atoms with Crippen LogP contribution in [-0.2, 0) is 16.1 Å². The SMILES string of the molecule is O=C(COCc1nc(-c2cccnc2)no1)N1CCCC1. The Morgan fingerprint density at radius 1 is 1.38 bits per heavy atom. The number of carbonyl (C=O) groups excluding carboxylic acids is 1. The van der Waals surface area contributed by atoms with Gasteiger partial charge in [0, 0.05) is 31.0 Å². The second kappa shape index (κ2) is 6.45. The van der Waals surface area contributed by atoms with Crippen LogP contribution in [0.1, 0.15) is 18.7 Å². The van der Waals surface area contributed by atoms with E-state index in [1.54, 1.807) is 18.5 Å². The minimum absolute atomic E-state index is 0.0134. The minimum Gasteiger partial charge on any atom is -0.362 e. The zero-order valence-electron chi connectivity index (χ0n) is 11.6. The zero-order chi connectivity index (χ0) is 14.5. The van der Waals surface area contributed by atoms with Gasteiger partial charge in [0.05, 0.1) is 0 Å². The van der Waals surface area contributed by atoms with Crippen molar-refractivity contribution >= 4 is 5.91 Å². The van der Waals surface area contributed by atoms with Crippen molar-refractivity contribution in [1.82, 2.24) is 20.0 Å². The fraction of sp³-hybridized carbons (Fsp3) is 0.429. The van der Waals surface area contributed by atoms with Gasteiger partial charge in [0.2, 0.25) is 11.7 Å². The molecule has 3 rings (SSSR count). The Bertz CT molecular complexity index is 593. The summed E-state index contributed by atoms with van der Waals surface area (Å²) in [6.07, 6.45) is 5.48. The Labute approximate surface area is 121 Å². The zero-order valence-corrected chi connectivity index (χ0v) is 11.6. The summed E-state index contributed by atoms with van der Waals surface area (Å²) in [4.78, 5) is 21.8. The van der Waals surface area contributed by atoms with E-state index in [1.165, 1.54) is 0 Å². The average molecular weight is 288 g/mol. The van der Waals surface area contributed by atoms with E-state index in [2.05, 4.69) is 15.1 Å². The molecule has 1 aliphatic heterocycles. The van der Waals surface area contributed by atoms with Gasteiger partial charge in [-0.1, -0.05) is 5.16 Å². The van der Waals surface area contributed by atoms with Crippen molar-refractivity contribution in [3.8, 4) is 11.4 Å². The second-order valence-corrected chi connectivity index (χ2v) is 4.83. The van der Waals surface area contributed by atoms with Gasteiger partial charge in [0.15, 0.2) is 0 Å². The highest BCUT2D eigenvalue weighted by atomic mass is 16.5. The van der Waals surface area contributed by atoms with Gasteiger partial charge in [-0.15, -0.1) is 0 Å². The number of rotatable bonds is 5. The van der Waals surface area contributed by atoms with Gasteiger partial charge in [-0.2, -0.15) is 4.98 Å². The number of amides is 1. The second-order valence-electron chi connectivity index (χ2n) is 4.83. The van der Waals surface area contributed by atoms with Gasteiger partial charge < -0.3 is 14.2 Å². The van der Waals surface area contributed by atoms with Crippen molar-refractivity contribution < 1.29 is 14.1 Å². The normalized spacial score (nSPS) is 14.6. The Morgan fingerprint density at radius 2 is 2.24 bits per heavy atom. The van der Waals surface area contributed by atoms with Crippen LogP contribution < -0.4 is 0 Å². The van der Waals surface area contributed by atoms with Crippen molar-refractivity contribution in [2.24, 2.45) is 0 Å². The molecule has 110 valence electrons. The lowest BCUT2D eigenvalue weighted by Gasteiger charge is -2.14. The molecule has 0 bridgehead atoms. The molecule has 0 radical (unpaired) electrons. The summed E-state index contributed by atoms with van der Waals surface area (Å²) in [5, 5.41) is 3.86. The van der Waals surface area contributed by atoms with Crippen LogP contribution in [0.2, 0.25) is 0 Å². The molecule has 1 saturated heterocycles. The predicted molar refractivity (Wildman–Crippen MR) is 73.0 cm³/mol. The number of nitrogens with zero attached hydrogens (tertiary/aromatic N) is 4. The minimum atomic E-state index is 0.0134. The maximum absolute atomic E-state index is 11.8. The molecule has 0 spiro atoms. The van der Waals surface area contributed by atoms with Crippen LogP contribution in [0.15, 0.2) is 29.0 Å². The summed E-state index contributed by atoms with van der Waals surface area (Å²) >= 11 is 0. The number of carbonyl (C=O) groups is 1. The fourth-order valence-corrected chi connectivity index (χ4v) is 2.21. The molecule has 2 aromatic rings. The third-order valence-corrected chi connectivity index (χ3v) is 3.30. The van der Waals surface area contributed by atoms with E-state index in [0.29, 0.717) is 11.7 Å². The molecule has 3 heterocycles. The molecule has 0 atom stereocenters. The van der Waals surface area contributed by atoms with Gasteiger partial charge in [0.25, 0.3) is 5.89 Å².